The zero-order chi connectivity index (χ0) is 58.7. The Morgan fingerprint density at radius 1 is 0.575 bits per heavy atom. The summed E-state index contributed by atoms with van der Waals surface area (Å²) in [6.07, 6.45) is 1.36. The maximum Gasteiger partial charge on any atom is 0.135 e. The second-order valence-electron chi connectivity index (χ2n) is 21.5. The first-order chi connectivity index (χ1) is 38.6. The van der Waals surface area contributed by atoms with Crippen molar-refractivity contribution in [2.75, 3.05) is 9.80 Å². The average molecular weight is 1140 g/mol. The van der Waals surface area contributed by atoms with E-state index in [1.807, 2.05) is 80.9 Å². The van der Waals surface area contributed by atoms with Crippen molar-refractivity contribution in [3.05, 3.63) is 223 Å². The standard InChI is InChI=1S/C67H61N4O.Pt/c1-44-36-37-68-63(38-44)71-59-25-12-11-22-55(59)56-35-33-52(42-62(56)71)72-51-21-16-20-50(41-51)69-43-70(61-27-14-13-26-60(61)69)64-53(46-30-28-45(29-31-46)47-18-15-19-48(39-47)65(2,3)4)23-17-24-57(64)54-34-32-49(66(5,6)7)40-58(54)67(8,9)10;/h11-40,43H,1-10H3;/q-3;/i1D3,11D,12D,22D,25D,32D,34D,40D;. The number of rotatable bonds is 8. The van der Waals surface area contributed by atoms with Gasteiger partial charge in [0.25, 0.3) is 0 Å². The molecule has 1 aliphatic heterocycles. The van der Waals surface area contributed by atoms with Crippen molar-refractivity contribution < 1.29 is 39.5 Å². The van der Waals surface area contributed by atoms with Crippen LogP contribution in [0.4, 0.5) is 22.7 Å². The number of benzene rings is 8. The van der Waals surface area contributed by atoms with Gasteiger partial charge in [0.05, 0.1) is 9.60 Å². The van der Waals surface area contributed by atoms with E-state index in [0.717, 1.165) is 39.3 Å². The predicted octanol–water partition coefficient (Wildman–Crippen LogP) is 18.2. The Labute approximate surface area is 460 Å². The van der Waals surface area contributed by atoms with Gasteiger partial charge in [-0.25, -0.2) is 4.98 Å². The van der Waals surface area contributed by atoms with Crippen molar-refractivity contribution in [3.63, 3.8) is 0 Å². The molecule has 10 aromatic rings. The molecule has 0 amide bonds. The molecule has 0 unspecified atom stereocenters. The van der Waals surface area contributed by atoms with Crippen molar-refractivity contribution in [3.8, 4) is 50.7 Å². The fourth-order valence-electron chi connectivity index (χ4n) is 9.48. The maximum absolute atomic E-state index is 9.94. The normalized spacial score (nSPS) is 15.0. The van der Waals surface area contributed by atoms with Gasteiger partial charge in [-0.1, -0.05) is 183 Å². The number of hydrogen-bond acceptors (Lipinski definition) is 4. The molecule has 0 bridgehead atoms. The SMILES string of the molecule is [2H]c1c([2H])c(C(C)(C)C)c([2H])c(C(C)(C)C)c1-c1cccc(-c2ccc(-c3cccc(C(C)(C)C)c3)cc2)c1N1[CH-]N(c2[c-]c(Oc3[c-]c4c(cc3)c3c([2H])c([2H])c([2H])c([2H])c3n4-c3cc(C([2H])([2H])[2H])ccn3)ccc2)c2ccccc21.[Pt]. The molecule has 3 heterocycles. The predicted molar refractivity (Wildman–Crippen MR) is 301 cm³/mol. The van der Waals surface area contributed by atoms with Gasteiger partial charge in [0.15, 0.2) is 0 Å². The molecule has 0 fully saturated rings. The van der Waals surface area contributed by atoms with Crippen molar-refractivity contribution in [2.24, 2.45) is 0 Å². The zero-order valence-corrected chi connectivity index (χ0v) is 44.6. The second-order valence-corrected chi connectivity index (χ2v) is 21.5. The van der Waals surface area contributed by atoms with Gasteiger partial charge in [0.2, 0.25) is 0 Å². The van der Waals surface area contributed by atoms with E-state index in [1.165, 1.54) is 28.5 Å². The van der Waals surface area contributed by atoms with Crippen LogP contribution in [-0.2, 0) is 37.3 Å². The van der Waals surface area contributed by atoms with Crippen LogP contribution in [0.2, 0.25) is 0 Å². The first-order valence-electron chi connectivity index (χ1n) is 29.3. The first kappa shape index (κ1) is 38.4. The summed E-state index contributed by atoms with van der Waals surface area (Å²) in [6, 6.07) is 48.7. The molecule has 5 nitrogen and oxygen atoms in total. The number of nitrogens with zero attached hydrogens (tertiary/aromatic N) is 4. The topological polar surface area (TPSA) is 33.5 Å². The van der Waals surface area contributed by atoms with Gasteiger partial charge in [-0.3, -0.25) is 0 Å². The summed E-state index contributed by atoms with van der Waals surface area (Å²) in [5.74, 6) is 0.680. The molecule has 0 spiro atoms. The number of para-hydroxylation sites is 4. The Balaban J connectivity index is 0.00000769. The van der Waals surface area contributed by atoms with Crippen molar-refractivity contribution in [1.29, 1.82) is 0 Å². The summed E-state index contributed by atoms with van der Waals surface area (Å²) in [6.45, 7) is 18.3. The molecule has 11 rings (SSSR count). The van der Waals surface area contributed by atoms with Gasteiger partial charge < -0.3 is 19.1 Å². The summed E-state index contributed by atoms with van der Waals surface area (Å²) in [4.78, 5) is 8.64. The van der Waals surface area contributed by atoms with E-state index in [2.05, 4.69) is 118 Å². The zero-order valence-electron chi connectivity index (χ0n) is 52.4. The minimum absolute atomic E-state index is 0. The van der Waals surface area contributed by atoms with Gasteiger partial charge in [-0.05, 0) is 103 Å². The van der Waals surface area contributed by atoms with Crippen LogP contribution in [0.3, 0.4) is 0 Å². The van der Waals surface area contributed by atoms with E-state index in [0.29, 0.717) is 44.6 Å². The Bertz CT molecular complexity index is 4210. The van der Waals surface area contributed by atoms with E-state index >= 15 is 0 Å². The van der Waals surface area contributed by atoms with Gasteiger partial charge >= 0.3 is 0 Å². The molecule has 2 aromatic heterocycles. The van der Waals surface area contributed by atoms with E-state index in [9.17, 15) is 4.11 Å². The summed E-state index contributed by atoms with van der Waals surface area (Å²) in [7, 11) is 0. The minimum Gasteiger partial charge on any atom is -0.509 e. The van der Waals surface area contributed by atoms with Crippen molar-refractivity contribution in [1.82, 2.24) is 9.55 Å². The molecule has 0 atom stereocenters. The Morgan fingerprint density at radius 3 is 2.03 bits per heavy atom. The van der Waals surface area contributed by atoms with E-state index in [4.69, 9.17) is 14.3 Å². The number of fused-ring (bicyclic) bond motifs is 4. The third-order valence-electron chi connectivity index (χ3n) is 13.2. The third-order valence-corrected chi connectivity index (χ3v) is 13.2. The molecule has 0 saturated carbocycles. The monoisotopic (exact) mass is 1140 g/mol. The average Bonchev–Trinajstić information content (AvgIpc) is 2.72. The Hall–Kier alpha value is -7.20. The molecule has 8 aromatic carbocycles. The number of pyridine rings is 1. The van der Waals surface area contributed by atoms with Crippen LogP contribution in [0.25, 0.3) is 61.0 Å². The quantitative estimate of drug-likeness (QED) is 0.142. The summed E-state index contributed by atoms with van der Waals surface area (Å²) < 4.78 is 96.9. The summed E-state index contributed by atoms with van der Waals surface area (Å²) >= 11 is 0. The molecular weight excluding hydrogens is 1070 g/mol. The molecule has 0 N–H and O–H groups in total. The van der Waals surface area contributed by atoms with Crippen LogP contribution in [0, 0.1) is 25.7 Å². The molecule has 1 aliphatic rings. The van der Waals surface area contributed by atoms with Crippen molar-refractivity contribution >= 4 is 44.6 Å². The first-order valence-corrected chi connectivity index (χ1v) is 24.3. The van der Waals surface area contributed by atoms with Gasteiger partial charge in [0.1, 0.15) is 5.82 Å². The molecule has 368 valence electrons. The number of hydrogen-bond donors (Lipinski definition) is 0. The van der Waals surface area contributed by atoms with E-state index in [1.54, 1.807) is 18.2 Å². The summed E-state index contributed by atoms with van der Waals surface area (Å²) in [5.41, 5.74) is 9.91. The number of anilines is 4. The van der Waals surface area contributed by atoms with Gasteiger partial charge in [-0.2, -0.15) is 12.1 Å². The van der Waals surface area contributed by atoms with Crippen LogP contribution in [0.15, 0.2) is 182 Å². The Kier molecular flexibility index (Phi) is 10.0. The smallest absolute Gasteiger partial charge is 0.135 e. The molecule has 73 heavy (non-hydrogen) atoms. The van der Waals surface area contributed by atoms with Crippen LogP contribution < -0.4 is 14.5 Å². The second kappa shape index (κ2) is 19.0. The number of ether oxygens (including phenoxy) is 1. The molecule has 0 saturated heterocycles. The molecular formula is C67H61N4OPt-3. The van der Waals surface area contributed by atoms with Gasteiger partial charge in [0, 0.05) is 76.6 Å². The van der Waals surface area contributed by atoms with Crippen LogP contribution >= 0.6 is 0 Å². The van der Waals surface area contributed by atoms with E-state index in [-0.39, 0.29) is 84.7 Å². The fourth-order valence-corrected chi connectivity index (χ4v) is 9.48. The van der Waals surface area contributed by atoms with Crippen molar-refractivity contribution in [2.45, 2.75) is 85.4 Å². The van der Waals surface area contributed by atoms with E-state index < -0.39 is 29.8 Å². The molecule has 6 heteroatoms. The van der Waals surface area contributed by atoms with Crippen LogP contribution in [-0.4, -0.2) is 9.55 Å². The minimum atomic E-state index is -2.48. The maximum atomic E-state index is 9.94. The molecule has 0 aliphatic carbocycles. The fraction of sp³-hybridized carbons (Fsp3) is 0.194. The number of aromatic nitrogens is 2. The third kappa shape index (κ3) is 9.41. The largest absolute Gasteiger partial charge is 0.509 e. The molecule has 0 radical (unpaired) electrons. The Morgan fingerprint density at radius 2 is 1.27 bits per heavy atom. The van der Waals surface area contributed by atoms with Crippen LogP contribution in [0.1, 0.15) is 98.3 Å². The van der Waals surface area contributed by atoms with Crippen LogP contribution in [0.5, 0.6) is 11.5 Å². The number of aryl methyl sites for hydroxylation is 1. The summed E-state index contributed by atoms with van der Waals surface area (Å²) in [5, 5.41) is 0.666. The van der Waals surface area contributed by atoms with Gasteiger partial charge in [-0.15, -0.1) is 48.1 Å².